The lowest BCUT2D eigenvalue weighted by molar-refractivity contribution is 0.0559. The number of nitrogens with zero attached hydrogens (tertiary/aromatic N) is 4. The van der Waals surface area contributed by atoms with Crippen molar-refractivity contribution in [1.82, 2.24) is 19.0 Å². The number of carbonyl (C=O) groups excluding carboxylic acids is 1. The van der Waals surface area contributed by atoms with Crippen LogP contribution >= 0.6 is 11.3 Å². The van der Waals surface area contributed by atoms with Crippen molar-refractivity contribution in [2.75, 3.05) is 26.8 Å². The summed E-state index contributed by atoms with van der Waals surface area (Å²) in [4.78, 5) is 20.8. The molecule has 208 valence electrons. The van der Waals surface area contributed by atoms with E-state index < -0.39 is 0 Å². The summed E-state index contributed by atoms with van der Waals surface area (Å²) in [5, 5.41) is 11.7. The molecule has 1 aromatic carbocycles. The quantitative estimate of drug-likeness (QED) is 0.313. The smallest absolute Gasteiger partial charge is 0.254 e. The number of aliphatic hydroxyl groups is 1. The van der Waals surface area contributed by atoms with Crippen molar-refractivity contribution in [3.63, 3.8) is 0 Å². The van der Waals surface area contributed by atoms with Gasteiger partial charge >= 0.3 is 0 Å². The Morgan fingerprint density at radius 2 is 2.03 bits per heavy atom. The molecule has 0 radical (unpaired) electrons. The number of aromatic nitrogens is 3. The van der Waals surface area contributed by atoms with Crippen LogP contribution in [0.2, 0.25) is 0 Å². The molecule has 1 aliphatic heterocycles. The average Bonchev–Trinajstić information content (AvgIpc) is 3.44. The zero-order valence-corrected chi connectivity index (χ0v) is 24.0. The van der Waals surface area contributed by atoms with Crippen LogP contribution in [0.15, 0.2) is 23.6 Å². The zero-order chi connectivity index (χ0) is 27.3. The van der Waals surface area contributed by atoms with E-state index in [2.05, 4.69) is 27.5 Å². The van der Waals surface area contributed by atoms with Gasteiger partial charge in [0.1, 0.15) is 11.3 Å². The maximum absolute atomic E-state index is 13.7. The molecule has 1 amide bonds. The molecule has 2 atom stereocenters. The third kappa shape index (κ3) is 4.74. The van der Waals surface area contributed by atoms with E-state index >= 15 is 0 Å². The number of methoxy groups -OCH3 is 1. The Morgan fingerprint density at radius 3 is 2.74 bits per heavy atom. The standard InChI is InChI=1S/C30H39N5O3S/c1-18-6-9-22(14-31)34(15-18)30(37)21-11-23-28(25(12-21)38-3)33(2)29(32-23)24-13-26-27(35(24)16-19-7-8-19)20(17-39-26)5-4-10-36/h11-13,17-19,22,36H,4-10,14-16,31H2,1-3H3/t18-,22-/m1/s1. The van der Waals surface area contributed by atoms with Crippen LogP contribution in [0.1, 0.15) is 54.9 Å². The predicted molar refractivity (Wildman–Crippen MR) is 156 cm³/mol. The van der Waals surface area contributed by atoms with Crippen LogP contribution in [-0.2, 0) is 20.0 Å². The fourth-order valence-corrected chi connectivity index (χ4v) is 7.23. The number of likely N-dealkylation sites (tertiary alicyclic amines) is 1. The highest BCUT2D eigenvalue weighted by Gasteiger charge is 2.31. The number of amides is 1. The molecule has 0 spiro atoms. The predicted octanol–water partition coefficient (Wildman–Crippen LogP) is 4.80. The van der Waals surface area contributed by atoms with E-state index in [-0.39, 0.29) is 18.6 Å². The number of hydrogen-bond donors (Lipinski definition) is 2. The Hall–Kier alpha value is -2.88. The van der Waals surface area contributed by atoms with Crippen molar-refractivity contribution in [3.05, 3.63) is 34.7 Å². The third-order valence-electron chi connectivity index (χ3n) is 8.54. The topological polar surface area (TPSA) is 98.5 Å². The maximum atomic E-state index is 13.7. The van der Waals surface area contributed by atoms with Crippen molar-refractivity contribution in [1.29, 1.82) is 0 Å². The summed E-state index contributed by atoms with van der Waals surface area (Å²) in [6, 6.07) is 6.09. The van der Waals surface area contributed by atoms with Gasteiger partial charge in [0, 0.05) is 44.9 Å². The third-order valence-corrected chi connectivity index (χ3v) is 9.51. The molecule has 0 unspecified atom stereocenters. The van der Waals surface area contributed by atoms with Gasteiger partial charge in [-0.05, 0) is 79.5 Å². The largest absolute Gasteiger partial charge is 0.494 e. The first kappa shape index (κ1) is 26.3. The minimum atomic E-state index is -0.00412. The molecule has 0 bridgehead atoms. The first-order valence-electron chi connectivity index (χ1n) is 14.2. The van der Waals surface area contributed by atoms with Gasteiger partial charge in [0.05, 0.1) is 28.5 Å². The molecule has 9 heteroatoms. The number of piperidine rings is 1. The molecule has 1 aliphatic carbocycles. The molecule has 8 nitrogen and oxygen atoms in total. The lowest BCUT2D eigenvalue weighted by Gasteiger charge is -2.38. The molecule has 4 aromatic rings. The number of rotatable bonds is 9. The Labute approximate surface area is 233 Å². The lowest BCUT2D eigenvalue weighted by atomic mass is 9.93. The van der Waals surface area contributed by atoms with Gasteiger partial charge in [-0.1, -0.05) is 6.92 Å². The molecule has 6 rings (SSSR count). The number of benzene rings is 1. The van der Waals surface area contributed by atoms with Gasteiger partial charge in [-0.15, -0.1) is 11.3 Å². The second-order valence-corrected chi connectivity index (χ2v) is 12.4. The second-order valence-electron chi connectivity index (χ2n) is 11.5. The Bertz CT molecular complexity index is 1510. The van der Waals surface area contributed by atoms with E-state index in [0.717, 1.165) is 61.3 Å². The van der Waals surface area contributed by atoms with Crippen molar-refractivity contribution in [3.8, 4) is 17.3 Å². The molecule has 2 aliphatic rings. The Balaban J connectivity index is 1.45. The van der Waals surface area contributed by atoms with Crippen LogP contribution in [0.4, 0.5) is 0 Å². The molecule has 2 fully saturated rings. The molecule has 1 saturated heterocycles. The minimum absolute atomic E-state index is 0.00412. The van der Waals surface area contributed by atoms with Crippen LogP contribution < -0.4 is 10.5 Å². The number of imidazole rings is 1. The van der Waals surface area contributed by atoms with Crippen molar-refractivity contribution in [2.45, 2.75) is 58.0 Å². The summed E-state index contributed by atoms with van der Waals surface area (Å²) in [5.41, 5.74) is 12.0. The minimum Gasteiger partial charge on any atom is -0.494 e. The summed E-state index contributed by atoms with van der Waals surface area (Å²) in [5.74, 6) is 2.67. The zero-order valence-electron chi connectivity index (χ0n) is 23.2. The van der Waals surface area contributed by atoms with Crippen LogP contribution in [0, 0.1) is 11.8 Å². The van der Waals surface area contributed by atoms with Crippen molar-refractivity contribution < 1.29 is 14.6 Å². The number of thiophene rings is 1. The normalized spacial score (nSPS) is 19.9. The summed E-state index contributed by atoms with van der Waals surface area (Å²) < 4.78 is 11.6. The molecule has 4 heterocycles. The van der Waals surface area contributed by atoms with Gasteiger partial charge < -0.3 is 29.6 Å². The molecular weight excluding hydrogens is 510 g/mol. The van der Waals surface area contributed by atoms with E-state index in [4.69, 9.17) is 15.5 Å². The average molecular weight is 550 g/mol. The Morgan fingerprint density at radius 1 is 1.21 bits per heavy atom. The molecule has 3 N–H and O–H groups in total. The van der Waals surface area contributed by atoms with Crippen LogP contribution in [0.5, 0.6) is 5.75 Å². The maximum Gasteiger partial charge on any atom is 0.254 e. The molecule has 1 saturated carbocycles. The van der Waals surface area contributed by atoms with Crippen molar-refractivity contribution >= 4 is 38.5 Å². The van der Waals surface area contributed by atoms with Gasteiger partial charge in [0.15, 0.2) is 5.82 Å². The van der Waals surface area contributed by atoms with E-state index in [9.17, 15) is 9.90 Å². The highest BCUT2D eigenvalue weighted by Crippen LogP contribution is 2.40. The lowest BCUT2D eigenvalue weighted by Crippen LogP contribution is -2.49. The van der Waals surface area contributed by atoms with Gasteiger partial charge in [-0.2, -0.15) is 0 Å². The fourth-order valence-electron chi connectivity index (χ4n) is 6.20. The number of ether oxygens (including phenoxy) is 1. The summed E-state index contributed by atoms with van der Waals surface area (Å²) in [7, 11) is 3.68. The summed E-state index contributed by atoms with van der Waals surface area (Å²) in [6.45, 7) is 4.55. The monoisotopic (exact) mass is 549 g/mol. The van der Waals surface area contributed by atoms with E-state index in [1.807, 2.05) is 24.1 Å². The Kier molecular flexibility index (Phi) is 7.16. The van der Waals surface area contributed by atoms with Gasteiger partial charge in [0.2, 0.25) is 0 Å². The fraction of sp³-hybridized carbons (Fsp3) is 0.533. The number of aryl methyl sites for hydroxylation is 2. The summed E-state index contributed by atoms with van der Waals surface area (Å²) in [6.07, 6.45) is 6.18. The van der Waals surface area contributed by atoms with Gasteiger partial charge in [-0.25, -0.2) is 4.98 Å². The highest BCUT2D eigenvalue weighted by molar-refractivity contribution is 7.17. The number of hydrogen-bond acceptors (Lipinski definition) is 6. The molecule has 39 heavy (non-hydrogen) atoms. The SMILES string of the molecule is COc1cc(C(=O)N2C[C@H](C)CC[C@@H]2CN)cc2nc(-c3cc4scc(CCCO)c4n3CC3CC3)n(C)c12. The second kappa shape index (κ2) is 10.6. The number of aliphatic hydroxyl groups excluding tert-OH is 1. The van der Waals surface area contributed by atoms with Crippen LogP contribution in [0.3, 0.4) is 0 Å². The number of carbonyl (C=O) groups is 1. The first-order chi connectivity index (χ1) is 18.9. The molecule has 3 aromatic heterocycles. The van der Waals surface area contributed by atoms with E-state index in [1.165, 1.54) is 28.6 Å². The number of nitrogens with two attached hydrogens (primary N) is 1. The molecular formula is C30H39N5O3S. The number of fused-ring (bicyclic) bond motifs is 2. The first-order valence-corrected chi connectivity index (χ1v) is 15.1. The van der Waals surface area contributed by atoms with Gasteiger partial charge in [0.25, 0.3) is 5.91 Å². The van der Waals surface area contributed by atoms with Crippen LogP contribution in [0.25, 0.3) is 32.8 Å². The van der Waals surface area contributed by atoms with Gasteiger partial charge in [-0.3, -0.25) is 4.79 Å². The van der Waals surface area contributed by atoms with E-state index in [0.29, 0.717) is 29.7 Å². The summed E-state index contributed by atoms with van der Waals surface area (Å²) >= 11 is 1.76. The van der Waals surface area contributed by atoms with Crippen molar-refractivity contribution in [2.24, 2.45) is 24.6 Å². The van der Waals surface area contributed by atoms with E-state index in [1.54, 1.807) is 18.4 Å². The highest BCUT2D eigenvalue weighted by atomic mass is 32.1. The van der Waals surface area contributed by atoms with Crippen LogP contribution in [-0.4, -0.2) is 62.9 Å².